The second kappa shape index (κ2) is 13.6. The highest BCUT2D eigenvalue weighted by Gasteiger charge is 2.47. The lowest BCUT2D eigenvalue weighted by atomic mass is 9.74. The molecule has 3 aromatic carbocycles. The van der Waals surface area contributed by atoms with Crippen molar-refractivity contribution in [3.05, 3.63) is 138 Å². The van der Waals surface area contributed by atoms with E-state index < -0.39 is 8.07 Å². The van der Waals surface area contributed by atoms with Crippen molar-refractivity contribution in [3.63, 3.8) is 0 Å². The van der Waals surface area contributed by atoms with Crippen LogP contribution in [0.4, 0.5) is 0 Å². The molecular weight excluding hydrogens is 621 g/mol. The second-order valence-corrected chi connectivity index (χ2v) is 21.5. The Morgan fingerprint density at radius 1 is 0.800 bits per heavy atom. The lowest BCUT2D eigenvalue weighted by Gasteiger charge is -2.35. The van der Waals surface area contributed by atoms with Crippen LogP contribution in [-0.2, 0) is 19.4 Å². The van der Waals surface area contributed by atoms with E-state index in [1.165, 1.54) is 61.5 Å². The first-order valence-corrected chi connectivity index (χ1v) is 22.6. The summed E-state index contributed by atoms with van der Waals surface area (Å²) in [5, 5.41) is 1.59. The lowest BCUT2D eigenvalue weighted by molar-refractivity contribution is -0.746. The van der Waals surface area contributed by atoms with Crippen LogP contribution in [0.25, 0.3) is 33.6 Å². The van der Waals surface area contributed by atoms with Crippen molar-refractivity contribution in [2.75, 3.05) is 0 Å². The first-order chi connectivity index (χ1) is 24.0. The van der Waals surface area contributed by atoms with Gasteiger partial charge in [-0.2, -0.15) is 9.13 Å². The third kappa shape index (κ3) is 6.13. The van der Waals surface area contributed by atoms with Crippen LogP contribution in [0.2, 0.25) is 19.6 Å². The number of pyridine rings is 2. The van der Waals surface area contributed by atoms with Gasteiger partial charge in [0.2, 0.25) is 11.4 Å². The van der Waals surface area contributed by atoms with Crippen molar-refractivity contribution in [1.29, 1.82) is 0 Å². The van der Waals surface area contributed by atoms with E-state index in [1.54, 1.807) is 5.19 Å². The number of hydrogen-bond donors (Lipinski definition) is 0. The number of aryl methyl sites for hydroxylation is 2. The Hall–Kier alpha value is -4.08. The quantitative estimate of drug-likeness (QED) is 0.0961. The minimum absolute atomic E-state index is 0.236. The third-order valence-corrected chi connectivity index (χ3v) is 13.7. The van der Waals surface area contributed by atoms with Crippen molar-refractivity contribution in [2.24, 2.45) is 5.92 Å². The van der Waals surface area contributed by atoms with Crippen molar-refractivity contribution in [3.8, 4) is 33.6 Å². The van der Waals surface area contributed by atoms with Crippen LogP contribution in [0, 0.1) is 5.92 Å². The second-order valence-electron chi connectivity index (χ2n) is 16.5. The molecule has 256 valence electrons. The molecule has 50 heavy (non-hydrogen) atoms. The molecule has 2 nitrogen and oxygen atoms in total. The van der Waals surface area contributed by atoms with Gasteiger partial charge in [0.15, 0.2) is 25.0 Å². The van der Waals surface area contributed by atoms with Gasteiger partial charge in [0.05, 0.1) is 14.0 Å². The molecule has 4 heterocycles. The van der Waals surface area contributed by atoms with Crippen LogP contribution >= 0.6 is 0 Å². The number of fused-ring (bicyclic) bond motifs is 9. The van der Waals surface area contributed by atoms with Crippen molar-refractivity contribution >= 4 is 13.3 Å². The smallest absolute Gasteiger partial charge is 0.197 e. The molecule has 0 N–H and O–H groups in total. The number of hydrogen-bond acceptors (Lipinski definition) is 0. The maximum Gasteiger partial charge on any atom is 0.213 e. The van der Waals surface area contributed by atoms with Crippen LogP contribution in [0.1, 0.15) is 92.7 Å². The number of rotatable bonds is 6. The first kappa shape index (κ1) is 34.4. The Balaban J connectivity index is 1.51. The molecule has 5 aromatic rings. The zero-order valence-corrected chi connectivity index (χ0v) is 32.6. The molecule has 0 bridgehead atoms. The highest BCUT2D eigenvalue weighted by Crippen LogP contribution is 2.46. The van der Waals surface area contributed by atoms with Crippen LogP contribution < -0.4 is 14.3 Å². The number of allylic oxidation sites excluding steroid dienone is 1. The van der Waals surface area contributed by atoms with Gasteiger partial charge in [0.1, 0.15) is 0 Å². The molecule has 7 rings (SSSR count). The van der Waals surface area contributed by atoms with Gasteiger partial charge in [-0.05, 0) is 76.6 Å². The summed E-state index contributed by atoms with van der Waals surface area (Å²) in [5.41, 5.74) is 15.4. The standard InChI is InChI=1S/C47H56N2Si/c1-10-33-26-45-39-20-16-15-19-38(39)40-24-23-36-21-22-37(31(3)4)25-42(36)44-27-41(35-17-13-12-14-18-35)43(32(5)6)29-48(44)28-34(11-2)47(40)49(45)30-46(33)50(7,8)9/h11-22,25-27,29-32,34,40,47H,2,10,23-24,28H2,1,3-9H3/q+2. The molecule has 0 spiro atoms. The minimum atomic E-state index is -1.61. The monoisotopic (exact) mass is 676 g/mol. The van der Waals surface area contributed by atoms with Gasteiger partial charge in [0, 0.05) is 39.9 Å². The van der Waals surface area contributed by atoms with E-state index in [1.807, 2.05) is 0 Å². The molecule has 2 aliphatic rings. The fourth-order valence-corrected chi connectivity index (χ4v) is 10.6. The van der Waals surface area contributed by atoms with Gasteiger partial charge < -0.3 is 0 Å². The summed E-state index contributed by atoms with van der Waals surface area (Å²) >= 11 is 0. The average Bonchev–Trinajstić information content (AvgIpc) is 3.11. The van der Waals surface area contributed by atoms with Crippen LogP contribution in [-0.4, -0.2) is 8.07 Å². The van der Waals surface area contributed by atoms with Crippen LogP contribution in [0.15, 0.2) is 110 Å². The summed E-state index contributed by atoms with van der Waals surface area (Å²) < 4.78 is 5.33. The molecule has 0 saturated carbocycles. The Kier molecular flexibility index (Phi) is 9.32. The zero-order chi connectivity index (χ0) is 35.3. The Bertz CT molecular complexity index is 2050. The Morgan fingerprint density at radius 3 is 2.22 bits per heavy atom. The van der Waals surface area contributed by atoms with Gasteiger partial charge in [-0.15, -0.1) is 6.58 Å². The molecule has 0 amide bonds. The van der Waals surface area contributed by atoms with E-state index >= 15 is 0 Å². The fourth-order valence-electron chi connectivity index (χ4n) is 8.89. The van der Waals surface area contributed by atoms with Gasteiger partial charge in [-0.1, -0.05) is 121 Å². The van der Waals surface area contributed by atoms with Gasteiger partial charge in [-0.3, -0.25) is 0 Å². The highest BCUT2D eigenvalue weighted by atomic mass is 28.3. The first-order valence-electron chi connectivity index (χ1n) is 19.1. The number of aromatic nitrogens is 2. The van der Waals surface area contributed by atoms with Gasteiger partial charge >= 0.3 is 0 Å². The van der Waals surface area contributed by atoms with E-state index in [-0.39, 0.29) is 12.0 Å². The van der Waals surface area contributed by atoms with E-state index in [9.17, 15) is 0 Å². The summed E-state index contributed by atoms with van der Waals surface area (Å²) in [5.74, 6) is 1.46. The van der Waals surface area contributed by atoms with E-state index in [0.29, 0.717) is 17.8 Å². The lowest BCUT2D eigenvalue weighted by Crippen LogP contribution is -2.57. The summed E-state index contributed by atoms with van der Waals surface area (Å²) in [7, 11) is -1.61. The Labute approximate surface area is 302 Å². The summed E-state index contributed by atoms with van der Waals surface area (Å²) in [4.78, 5) is 0. The SMILES string of the molecule is C=CC1C[n+]2cc(C(C)C)c(-c3ccccc3)cc2-c2cc(C(C)C)ccc2CCC2c3ccccc3-c3cc(CC)c([Si](C)(C)C)c[n+]3C12. The molecule has 0 saturated heterocycles. The zero-order valence-electron chi connectivity index (χ0n) is 31.6. The molecule has 3 atom stereocenters. The van der Waals surface area contributed by atoms with E-state index in [4.69, 9.17) is 0 Å². The maximum absolute atomic E-state index is 4.59. The summed E-state index contributed by atoms with van der Waals surface area (Å²) in [6.45, 7) is 24.6. The van der Waals surface area contributed by atoms with Crippen LogP contribution in [0.3, 0.4) is 0 Å². The fraction of sp³-hybridized carbons (Fsp3) is 0.362. The topological polar surface area (TPSA) is 7.76 Å². The van der Waals surface area contributed by atoms with Crippen molar-refractivity contribution in [2.45, 2.75) is 104 Å². The minimum Gasteiger partial charge on any atom is -0.197 e. The number of nitrogens with zero attached hydrogens (tertiary/aromatic N) is 2. The largest absolute Gasteiger partial charge is 0.213 e. The predicted molar refractivity (Wildman–Crippen MR) is 214 cm³/mol. The van der Waals surface area contributed by atoms with Crippen LogP contribution in [0.5, 0.6) is 0 Å². The molecule has 3 unspecified atom stereocenters. The van der Waals surface area contributed by atoms with Crippen molar-refractivity contribution in [1.82, 2.24) is 0 Å². The molecule has 0 fully saturated rings. The average molecular weight is 677 g/mol. The van der Waals surface area contributed by atoms with Gasteiger partial charge in [-0.25, -0.2) is 0 Å². The third-order valence-electron chi connectivity index (χ3n) is 11.6. The molecule has 2 aliphatic heterocycles. The molecule has 3 heteroatoms. The van der Waals surface area contributed by atoms with Crippen molar-refractivity contribution < 1.29 is 9.13 Å². The number of benzene rings is 3. The molecule has 0 radical (unpaired) electrons. The highest BCUT2D eigenvalue weighted by molar-refractivity contribution is 6.89. The summed E-state index contributed by atoms with van der Waals surface area (Å²) in [6.07, 6.45) is 10.6. The van der Waals surface area contributed by atoms with E-state index in [0.717, 1.165) is 25.8 Å². The molecule has 2 aromatic heterocycles. The Morgan fingerprint density at radius 2 is 1.54 bits per heavy atom. The normalized spacial score (nSPS) is 18.5. The summed E-state index contributed by atoms with van der Waals surface area (Å²) in [6, 6.07) is 33.0. The van der Waals surface area contributed by atoms with E-state index in [2.05, 4.69) is 173 Å². The predicted octanol–water partition coefficient (Wildman–Crippen LogP) is 10.7. The van der Waals surface area contributed by atoms with Gasteiger partial charge in [0.25, 0.3) is 0 Å². The molecular formula is C47H56N2Si+2. The molecule has 0 aliphatic carbocycles. The maximum atomic E-state index is 4.59.